The molecule has 2 atom stereocenters. The van der Waals surface area contributed by atoms with E-state index in [9.17, 15) is 9.90 Å². The molecule has 2 rings (SSSR count). The predicted octanol–water partition coefficient (Wildman–Crippen LogP) is 3.60. The monoisotopic (exact) mass is 305 g/mol. The number of aliphatic hydroxyl groups is 1. The van der Waals surface area contributed by atoms with Crippen LogP contribution in [-0.4, -0.2) is 23.7 Å². The van der Waals surface area contributed by atoms with Crippen molar-refractivity contribution in [1.29, 1.82) is 0 Å². The highest BCUT2D eigenvalue weighted by Gasteiger charge is 2.45. The molecule has 2 N–H and O–H groups in total. The fourth-order valence-corrected chi connectivity index (χ4v) is 3.72. The molecule has 0 radical (unpaired) electrons. The molecule has 0 bridgehead atoms. The normalized spacial score (nSPS) is 27.2. The average Bonchev–Trinajstić information content (AvgIpc) is 2.36. The van der Waals surface area contributed by atoms with Crippen LogP contribution in [0.4, 0.5) is 5.69 Å². The molecule has 2 unspecified atom stereocenters. The molecule has 4 nitrogen and oxygen atoms in total. The fourth-order valence-electron chi connectivity index (χ4n) is 3.72. The van der Waals surface area contributed by atoms with Crippen LogP contribution in [0.25, 0.3) is 0 Å². The lowest BCUT2D eigenvalue weighted by Crippen LogP contribution is -2.45. The van der Waals surface area contributed by atoms with E-state index in [0.717, 1.165) is 24.3 Å². The van der Waals surface area contributed by atoms with Gasteiger partial charge in [-0.15, -0.1) is 0 Å². The highest BCUT2D eigenvalue weighted by Crippen LogP contribution is 2.46. The van der Waals surface area contributed by atoms with E-state index in [1.807, 2.05) is 38.1 Å². The zero-order valence-corrected chi connectivity index (χ0v) is 14.0. The van der Waals surface area contributed by atoms with Gasteiger partial charge in [-0.1, -0.05) is 26.8 Å². The van der Waals surface area contributed by atoms with Gasteiger partial charge in [0.1, 0.15) is 5.75 Å². The zero-order chi connectivity index (χ0) is 16.4. The molecule has 0 aromatic heterocycles. The Labute approximate surface area is 132 Å². The Morgan fingerprint density at radius 2 is 2.09 bits per heavy atom. The Kier molecular flexibility index (Phi) is 4.81. The van der Waals surface area contributed by atoms with E-state index in [-0.39, 0.29) is 11.3 Å². The lowest BCUT2D eigenvalue weighted by molar-refractivity contribution is -0.132. The number of benzene rings is 1. The van der Waals surface area contributed by atoms with Gasteiger partial charge < -0.3 is 15.2 Å². The molecule has 1 aliphatic rings. The van der Waals surface area contributed by atoms with Crippen molar-refractivity contribution in [1.82, 2.24) is 0 Å². The third-order valence-corrected chi connectivity index (χ3v) is 4.29. The second-order valence-electron chi connectivity index (χ2n) is 7.38. The van der Waals surface area contributed by atoms with Crippen molar-refractivity contribution in [2.45, 2.75) is 53.1 Å². The largest absolute Gasteiger partial charge is 0.494 e. The molecule has 1 saturated carbocycles. The molecule has 1 aromatic carbocycles. The van der Waals surface area contributed by atoms with Crippen LogP contribution in [0.5, 0.6) is 5.75 Å². The maximum atomic E-state index is 12.7. The van der Waals surface area contributed by atoms with Gasteiger partial charge in [-0.3, -0.25) is 4.79 Å². The number of nitrogens with one attached hydrogen (secondary N) is 1. The van der Waals surface area contributed by atoms with Crippen molar-refractivity contribution < 1.29 is 14.6 Å². The molecule has 22 heavy (non-hydrogen) atoms. The minimum absolute atomic E-state index is 0.0308. The van der Waals surface area contributed by atoms with E-state index in [1.165, 1.54) is 0 Å². The third kappa shape index (κ3) is 4.01. The first kappa shape index (κ1) is 16.8. The van der Waals surface area contributed by atoms with Gasteiger partial charge in [0.25, 0.3) is 0 Å². The Morgan fingerprint density at radius 1 is 1.36 bits per heavy atom. The molecule has 0 aliphatic heterocycles. The lowest BCUT2D eigenvalue weighted by Gasteiger charge is -2.43. The first-order chi connectivity index (χ1) is 10.2. The van der Waals surface area contributed by atoms with Gasteiger partial charge in [0.15, 0.2) is 0 Å². The van der Waals surface area contributed by atoms with E-state index in [4.69, 9.17) is 4.74 Å². The Balaban J connectivity index is 2.12. The number of rotatable bonds is 4. The molecule has 1 amide bonds. The maximum Gasteiger partial charge on any atom is 0.230 e. The first-order valence-electron chi connectivity index (χ1n) is 7.96. The molecular formula is C18H27NO3. The van der Waals surface area contributed by atoms with Crippen LogP contribution in [0.1, 0.15) is 47.0 Å². The lowest BCUT2D eigenvalue weighted by atomic mass is 9.63. The van der Waals surface area contributed by atoms with Gasteiger partial charge in [-0.05, 0) is 43.7 Å². The van der Waals surface area contributed by atoms with Crippen LogP contribution in [0.15, 0.2) is 24.3 Å². The SMILES string of the molecule is CCOc1cccc(NC(=O)C2(C)CC(O)CC(C)(C)C2)c1. The third-order valence-electron chi connectivity index (χ3n) is 4.29. The minimum atomic E-state index is -0.553. The summed E-state index contributed by atoms with van der Waals surface area (Å²) >= 11 is 0. The Morgan fingerprint density at radius 3 is 2.73 bits per heavy atom. The number of hydrogen-bond acceptors (Lipinski definition) is 3. The van der Waals surface area contributed by atoms with E-state index in [1.54, 1.807) is 0 Å². The number of aliphatic hydroxyl groups excluding tert-OH is 1. The molecular weight excluding hydrogens is 278 g/mol. The van der Waals surface area contributed by atoms with Crippen LogP contribution >= 0.6 is 0 Å². The minimum Gasteiger partial charge on any atom is -0.494 e. The zero-order valence-electron chi connectivity index (χ0n) is 14.0. The molecule has 1 fully saturated rings. The van der Waals surface area contributed by atoms with Crippen molar-refractivity contribution in [3.63, 3.8) is 0 Å². The second kappa shape index (κ2) is 6.29. The summed E-state index contributed by atoms with van der Waals surface area (Å²) in [5.41, 5.74) is 0.148. The van der Waals surface area contributed by atoms with Gasteiger partial charge in [-0.2, -0.15) is 0 Å². The summed E-state index contributed by atoms with van der Waals surface area (Å²) in [6.07, 6.45) is 1.60. The molecule has 0 heterocycles. The van der Waals surface area contributed by atoms with Crippen molar-refractivity contribution in [3.8, 4) is 5.75 Å². The topological polar surface area (TPSA) is 58.6 Å². The Bertz CT molecular complexity index is 541. The summed E-state index contributed by atoms with van der Waals surface area (Å²) in [6, 6.07) is 7.42. The summed E-state index contributed by atoms with van der Waals surface area (Å²) in [6.45, 7) is 8.68. The van der Waals surface area contributed by atoms with Gasteiger partial charge in [0, 0.05) is 17.2 Å². The van der Waals surface area contributed by atoms with Crippen LogP contribution in [0, 0.1) is 10.8 Å². The Hall–Kier alpha value is -1.55. The summed E-state index contributed by atoms with van der Waals surface area (Å²) in [4.78, 5) is 12.7. The van der Waals surface area contributed by atoms with Gasteiger partial charge in [0.05, 0.1) is 12.7 Å². The highest BCUT2D eigenvalue weighted by molar-refractivity contribution is 5.95. The molecule has 122 valence electrons. The predicted molar refractivity (Wildman–Crippen MR) is 88.0 cm³/mol. The smallest absolute Gasteiger partial charge is 0.230 e. The number of anilines is 1. The van der Waals surface area contributed by atoms with Crippen LogP contribution in [-0.2, 0) is 4.79 Å². The van der Waals surface area contributed by atoms with Crippen molar-refractivity contribution in [2.24, 2.45) is 10.8 Å². The number of ether oxygens (including phenoxy) is 1. The van der Waals surface area contributed by atoms with E-state index < -0.39 is 11.5 Å². The van der Waals surface area contributed by atoms with E-state index >= 15 is 0 Å². The van der Waals surface area contributed by atoms with Crippen LogP contribution < -0.4 is 10.1 Å². The summed E-state index contributed by atoms with van der Waals surface area (Å²) < 4.78 is 5.46. The van der Waals surface area contributed by atoms with Gasteiger partial charge >= 0.3 is 0 Å². The number of carbonyl (C=O) groups is 1. The molecule has 0 spiro atoms. The van der Waals surface area contributed by atoms with Gasteiger partial charge in [-0.25, -0.2) is 0 Å². The van der Waals surface area contributed by atoms with Crippen molar-refractivity contribution in [2.75, 3.05) is 11.9 Å². The van der Waals surface area contributed by atoms with Crippen LogP contribution in [0.3, 0.4) is 0 Å². The molecule has 1 aliphatic carbocycles. The standard InChI is InChI=1S/C18H27NO3/c1-5-22-15-8-6-7-13(9-15)19-16(21)18(4)11-14(20)10-17(2,3)12-18/h6-9,14,20H,5,10-12H2,1-4H3,(H,19,21). The highest BCUT2D eigenvalue weighted by atomic mass is 16.5. The maximum absolute atomic E-state index is 12.7. The fraction of sp³-hybridized carbons (Fsp3) is 0.611. The summed E-state index contributed by atoms with van der Waals surface area (Å²) in [5.74, 6) is 0.711. The van der Waals surface area contributed by atoms with Crippen molar-refractivity contribution >= 4 is 11.6 Å². The average molecular weight is 305 g/mol. The number of hydrogen-bond donors (Lipinski definition) is 2. The quantitative estimate of drug-likeness (QED) is 0.893. The summed E-state index contributed by atoms with van der Waals surface area (Å²) in [5, 5.41) is 13.1. The first-order valence-corrected chi connectivity index (χ1v) is 7.96. The molecule has 0 saturated heterocycles. The summed E-state index contributed by atoms with van der Waals surface area (Å²) in [7, 11) is 0. The number of carbonyl (C=O) groups excluding carboxylic acids is 1. The van der Waals surface area contributed by atoms with E-state index in [2.05, 4.69) is 19.2 Å². The van der Waals surface area contributed by atoms with Crippen LogP contribution in [0.2, 0.25) is 0 Å². The number of amides is 1. The molecule has 1 aromatic rings. The molecule has 4 heteroatoms. The van der Waals surface area contributed by atoms with Gasteiger partial charge in [0.2, 0.25) is 5.91 Å². The van der Waals surface area contributed by atoms with Crippen molar-refractivity contribution in [3.05, 3.63) is 24.3 Å². The second-order valence-corrected chi connectivity index (χ2v) is 7.38. The van der Waals surface area contributed by atoms with E-state index in [0.29, 0.717) is 13.0 Å².